The third-order valence-corrected chi connectivity index (χ3v) is 7.60. The molecule has 0 aliphatic carbocycles. The van der Waals surface area contributed by atoms with Crippen LogP contribution >= 0.6 is 11.8 Å². The van der Waals surface area contributed by atoms with Gasteiger partial charge in [-0.15, -0.1) is 0 Å². The molecular weight excluding hydrogens is 729 g/mol. The van der Waals surface area contributed by atoms with E-state index in [-0.39, 0.29) is 25.0 Å². The Kier molecular flexibility index (Phi) is 20.5. The predicted octanol–water partition coefficient (Wildman–Crippen LogP) is -0.656. The molecule has 0 unspecified atom stereocenters. The van der Waals surface area contributed by atoms with E-state index in [0.29, 0.717) is 5.75 Å². The Morgan fingerprint density at radius 1 is 0.849 bits per heavy atom. The molecule has 20 heteroatoms. The van der Waals surface area contributed by atoms with Gasteiger partial charge in [0.05, 0.1) is 25.2 Å². The number of hydrogen-bond acceptors (Lipinski definition) is 12. The number of aliphatic hydroxyl groups excluding tert-OH is 1. The summed E-state index contributed by atoms with van der Waals surface area (Å²) in [5.74, 6) is -5.41. The molecule has 0 heterocycles. The summed E-state index contributed by atoms with van der Waals surface area (Å²) in [6.45, 7) is -0.226. The van der Waals surface area contributed by atoms with Crippen LogP contribution in [-0.2, 0) is 46.3 Å². The summed E-state index contributed by atoms with van der Waals surface area (Å²) < 4.78 is 38.0. The van der Waals surface area contributed by atoms with Gasteiger partial charge in [-0.3, -0.25) is 19.2 Å². The number of carboxylic acids is 1. The highest BCUT2D eigenvalue weighted by molar-refractivity contribution is 7.98. The van der Waals surface area contributed by atoms with Crippen LogP contribution in [0.25, 0.3) is 0 Å². The first-order valence-corrected chi connectivity index (χ1v) is 17.3. The van der Waals surface area contributed by atoms with Gasteiger partial charge in [-0.25, -0.2) is 9.59 Å². The number of carbonyl (C=O) groups is 6. The van der Waals surface area contributed by atoms with Crippen molar-refractivity contribution in [1.29, 1.82) is 0 Å². The Labute approximate surface area is 307 Å². The maximum Gasteiger partial charge on any atom is 0.490 e. The van der Waals surface area contributed by atoms with Crippen molar-refractivity contribution in [2.75, 3.05) is 31.8 Å². The number of thioether (sulfide) groups is 1. The van der Waals surface area contributed by atoms with Crippen LogP contribution in [0.15, 0.2) is 54.6 Å². The number of halogens is 3. The Bertz CT molecular complexity index is 1490. The van der Waals surface area contributed by atoms with Gasteiger partial charge in [0.1, 0.15) is 30.5 Å². The molecule has 53 heavy (non-hydrogen) atoms. The first kappa shape index (κ1) is 46.1. The van der Waals surface area contributed by atoms with E-state index in [4.69, 9.17) is 16.6 Å². The first-order chi connectivity index (χ1) is 24.9. The van der Waals surface area contributed by atoms with E-state index in [2.05, 4.69) is 26.0 Å². The molecule has 0 bridgehead atoms. The molecule has 11 N–H and O–H groups in total. The highest BCUT2D eigenvalue weighted by Gasteiger charge is 2.41. The van der Waals surface area contributed by atoms with Gasteiger partial charge in [-0.1, -0.05) is 42.5 Å². The molecule has 0 radical (unpaired) electrons. The van der Waals surface area contributed by atoms with E-state index in [1.54, 1.807) is 42.5 Å². The van der Waals surface area contributed by atoms with Gasteiger partial charge < -0.3 is 52.8 Å². The minimum atomic E-state index is -5.00. The van der Waals surface area contributed by atoms with Crippen LogP contribution in [0.1, 0.15) is 24.5 Å². The van der Waals surface area contributed by atoms with E-state index in [1.165, 1.54) is 30.8 Å². The number of esters is 1. The molecule has 2 aromatic rings. The van der Waals surface area contributed by atoms with Crippen LogP contribution in [0.2, 0.25) is 0 Å². The zero-order valence-electron chi connectivity index (χ0n) is 28.9. The number of benzene rings is 2. The van der Waals surface area contributed by atoms with Crippen molar-refractivity contribution < 1.29 is 62.0 Å². The SMILES string of the molecule is CSCC[C@H](NC(=O)[C@H](Cc1ccccc1)NC(=O)CNC(=O)[C@@H](C)NC(=O)[C@@H](N)Cc1ccc(O)cc1)C(=O)O.N[C@H](CO)COC(=O)C(F)(F)F. The zero-order valence-corrected chi connectivity index (χ0v) is 29.7. The highest BCUT2D eigenvalue weighted by Crippen LogP contribution is 2.16. The average molecular weight is 775 g/mol. The molecule has 4 amide bonds. The summed E-state index contributed by atoms with van der Waals surface area (Å²) in [4.78, 5) is 72.2. The molecule has 0 saturated carbocycles. The number of phenols is 1. The maximum atomic E-state index is 13.0. The van der Waals surface area contributed by atoms with Crippen LogP contribution in [-0.4, -0.2) is 119 Å². The number of hydrogen-bond donors (Lipinski definition) is 9. The minimum absolute atomic E-state index is 0.0868. The van der Waals surface area contributed by atoms with E-state index in [1.807, 2.05) is 6.26 Å². The van der Waals surface area contributed by atoms with Crippen LogP contribution in [0.3, 0.4) is 0 Å². The number of amides is 4. The molecule has 0 aliphatic heterocycles. The molecule has 0 fully saturated rings. The Morgan fingerprint density at radius 2 is 1.45 bits per heavy atom. The fourth-order valence-corrected chi connectivity index (χ4v) is 4.54. The van der Waals surface area contributed by atoms with E-state index >= 15 is 0 Å². The van der Waals surface area contributed by atoms with Crippen molar-refractivity contribution in [3.05, 3.63) is 65.7 Å². The van der Waals surface area contributed by atoms with Gasteiger partial charge in [0.2, 0.25) is 23.6 Å². The Balaban J connectivity index is 0.000000999. The summed E-state index contributed by atoms with van der Waals surface area (Å²) in [5.41, 5.74) is 12.4. The monoisotopic (exact) mass is 774 g/mol. The van der Waals surface area contributed by atoms with Crippen LogP contribution < -0.4 is 32.7 Å². The largest absolute Gasteiger partial charge is 0.508 e. The number of nitrogens with two attached hydrogens (primary N) is 2. The number of phenolic OH excluding ortho intramolecular Hbond substituents is 1. The number of carboxylic acid groups (broad SMARTS) is 1. The summed E-state index contributed by atoms with van der Waals surface area (Å²) in [5, 5.41) is 37.1. The van der Waals surface area contributed by atoms with Gasteiger partial charge in [-0.2, -0.15) is 24.9 Å². The topological polar surface area (TPSA) is 272 Å². The number of carbonyl (C=O) groups excluding carboxylic acids is 5. The van der Waals surface area contributed by atoms with Crippen molar-refractivity contribution in [2.24, 2.45) is 11.5 Å². The fourth-order valence-electron chi connectivity index (χ4n) is 4.07. The first-order valence-electron chi connectivity index (χ1n) is 15.9. The molecule has 16 nitrogen and oxygen atoms in total. The molecule has 5 atom stereocenters. The number of alkyl halides is 3. The number of nitrogens with one attached hydrogen (secondary N) is 4. The van der Waals surface area contributed by atoms with Crippen molar-refractivity contribution in [3.8, 4) is 5.75 Å². The second kappa shape index (κ2) is 23.6. The van der Waals surface area contributed by atoms with E-state index < -0.39 is 91.7 Å². The number of ether oxygens (including phenoxy) is 1. The molecule has 2 aromatic carbocycles. The number of aliphatic carboxylic acids is 1. The summed E-state index contributed by atoms with van der Waals surface area (Å²) in [6, 6.07) is 9.99. The van der Waals surface area contributed by atoms with Crippen LogP contribution in [0.5, 0.6) is 5.75 Å². The van der Waals surface area contributed by atoms with Crippen molar-refractivity contribution >= 4 is 47.3 Å². The number of aliphatic hydroxyl groups is 1. The minimum Gasteiger partial charge on any atom is -0.508 e. The normalized spacial score (nSPS) is 13.7. The molecule has 0 saturated heterocycles. The van der Waals surface area contributed by atoms with Crippen LogP contribution in [0, 0.1) is 0 Å². The van der Waals surface area contributed by atoms with Crippen molar-refractivity contribution in [1.82, 2.24) is 21.3 Å². The lowest BCUT2D eigenvalue weighted by Crippen LogP contribution is -2.55. The smallest absolute Gasteiger partial charge is 0.490 e. The fraction of sp³-hybridized carbons (Fsp3) is 0.455. The Morgan fingerprint density at radius 3 is 2.00 bits per heavy atom. The number of rotatable bonds is 19. The van der Waals surface area contributed by atoms with Gasteiger partial charge in [0.25, 0.3) is 0 Å². The lowest BCUT2D eigenvalue weighted by Gasteiger charge is -2.22. The second-order valence-electron chi connectivity index (χ2n) is 11.5. The summed E-state index contributed by atoms with van der Waals surface area (Å²) in [7, 11) is 0. The van der Waals surface area contributed by atoms with Gasteiger partial charge in [0, 0.05) is 6.42 Å². The zero-order chi connectivity index (χ0) is 40.1. The van der Waals surface area contributed by atoms with E-state index in [0.717, 1.165) is 11.1 Å². The lowest BCUT2D eigenvalue weighted by molar-refractivity contribution is -0.200. The predicted molar refractivity (Wildman–Crippen MR) is 187 cm³/mol. The average Bonchev–Trinajstić information content (AvgIpc) is 3.11. The van der Waals surface area contributed by atoms with E-state index in [9.17, 15) is 52.2 Å². The van der Waals surface area contributed by atoms with Crippen LogP contribution in [0.4, 0.5) is 13.2 Å². The second-order valence-corrected chi connectivity index (χ2v) is 12.4. The molecular formula is C33H45F3N6O10S. The standard InChI is InChI=1S/C28H37N5O7S.C5H8F3NO3/c1-17(31-26(37)21(29)14-19-8-10-20(34)11-9-19)25(36)30-16-24(35)32-23(15-18-6-4-3-5-7-18)27(38)33-22(28(39)40)12-13-41-2;6-5(7,8)4(11)12-2-3(9)1-10/h3-11,17,21-23,34H,12-16,29H2,1-2H3,(H,30,36)(H,31,37)(H,32,35)(H,33,38)(H,39,40);3,10H,1-2,9H2/t17-,21+,22+,23+;3-/m11/s1. The summed E-state index contributed by atoms with van der Waals surface area (Å²) in [6.07, 6.45) is -2.67. The molecule has 2 rings (SSSR count). The maximum absolute atomic E-state index is 13.0. The summed E-state index contributed by atoms with van der Waals surface area (Å²) >= 11 is 1.45. The van der Waals surface area contributed by atoms with Crippen molar-refractivity contribution in [2.45, 2.75) is 62.6 Å². The highest BCUT2D eigenvalue weighted by atomic mass is 32.2. The van der Waals surface area contributed by atoms with Gasteiger partial charge in [0.15, 0.2) is 0 Å². The molecule has 294 valence electrons. The van der Waals surface area contributed by atoms with Gasteiger partial charge in [-0.05, 0) is 55.0 Å². The van der Waals surface area contributed by atoms with Gasteiger partial charge >= 0.3 is 18.1 Å². The van der Waals surface area contributed by atoms with Crippen molar-refractivity contribution in [3.63, 3.8) is 0 Å². The third-order valence-electron chi connectivity index (χ3n) is 6.96. The quantitative estimate of drug-likeness (QED) is 0.0804. The molecule has 0 spiro atoms. The molecule has 0 aliphatic rings. The molecule has 0 aromatic heterocycles. The Hall–Kier alpha value is -4.92. The lowest BCUT2D eigenvalue weighted by atomic mass is 10.0. The number of aromatic hydroxyl groups is 1. The third kappa shape index (κ3) is 18.9.